The number of likely N-dealkylation sites (tertiary alicyclic amines) is 1. The summed E-state index contributed by atoms with van der Waals surface area (Å²) < 4.78 is 0. The lowest BCUT2D eigenvalue weighted by Crippen LogP contribution is -2.41. The van der Waals surface area contributed by atoms with Crippen LogP contribution in [0.4, 0.5) is 0 Å². The van der Waals surface area contributed by atoms with Crippen molar-refractivity contribution in [3.63, 3.8) is 0 Å². The average Bonchev–Trinajstić information content (AvgIpc) is 2.61. The SMILES string of the molecule is Cc1ccc(CCN2CCCC3C2=CCC2C=CC=CC23)cc1.Cl. The fraction of sp³-hybridized carbons (Fsp3) is 0.455. The molecular formula is C22H28ClN. The first-order chi connectivity index (χ1) is 11.3. The highest BCUT2D eigenvalue weighted by molar-refractivity contribution is 5.85. The van der Waals surface area contributed by atoms with Gasteiger partial charge in [0.2, 0.25) is 0 Å². The van der Waals surface area contributed by atoms with E-state index >= 15 is 0 Å². The number of benzene rings is 1. The lowest BCUT2D eigenvalue weighted by Gasteiger charge is -2.45. The van der Waals surface area contributed by atoms with Gasteiger partial charge in [0.25, 0.3) is 0 Å². The highest BCUT2D eigenvalue weighted by atomic mass is 35.5. The topological polar surface area (TPSA) is 3.24 Å². The Balaban J connectivity index is 0.00000169. The zero-order valence-corrected chi connectivity index (χ0v) is 15.3. The molecule has 0 bridgehead atoms. The third kappa shape index (κ3) is 3.47. The molecule has 0 amide bonds. The maximum atomic E-state index is 2.68. The summed E-state index contributed by atoms with van der Waals surface area (Å²) in [6, 6.07) is 9.05. The van der Waals surface area contributed by atoms with E-state index in [0.29, 0.717) is 0 Å². The second-order valence-electron chi connectivity index (χ2n) is 7.35. The van der Waals surface area contributed by atoms with Gasteiger partial charge in [0.05, 0.1) is 0 Å². The van der Waals surface area contributed by atoms with E-state index in [-0.39, 0.29) is 12.4 Å². The molecule has 128 valence electrons. The van der Waals surface area contributed by atoms with Crippen molar-refractivity contribution in [1.82, 2.24) is 4.90 Å². The summed E-state index contributed by atoms with van der Waals surface area (Å²) in [7, 11) is 0. The summed E-state index contributed by atoms with van der Waals surface area (Å²) in [5.41, 5.74) is 4.46. The van der Waals surface area contributed by atoms with Gasteiger partial charge < -0.3 is 4.90 Å². The Labute approximate surface area is 152 Å². The molecule has 3 unspecified atom stereocenters. The zero-order chi connectivity index (χ0) is 15.6. The number of hydrogen-bond donors (Lipinski definition) is 0. The minimum Gasteiger partial charge on any atom is -0.375 e. The third-order valence-corrected chi connectivity index (χ3v) is 5.84. The van der Waals surface area contributed by atoms with Crippen LogP contribution < -0.4 is 0 Å². The predicted molar refractivity (Wildman–Crippen MR) is 104 cm³/mol. The Bertz CT molecular complexity index is 640. The monoisotopic (exact) mass is 341 g/mol. The maximum Gasteiger partial charge on any atom is 0.0215 e. The van der Waals surface area contributed by atoms with Crippen LogP contribution in [0.1, 0.15) is 30.4 Å². The van der Waals surface area contributed by atoms with Crippen LogP contribution >= 0.6 is 12.4 Å². The average molecular weight is 342 g/mol. The first-order valence-electron chi connectivity index (χ1n) is 9.17. The standard InChI is InChI=1S/C22H27N.ClH/c1-17-8-10-18(11-9-17)14-16-23-15-4-7-21-20-6-3-2-5-19(20)12-13-22(21)23;/h2-3,5-6,8-11,13,19-21H,4,7,12,14-16H2,1H3;1H. The number of aryl methyl sites for hydroxylation is 1. The van der Waals surface area contributed by atoms with E-state index in [0.717, 1.165) is 24.2 Å². The molecule has 1 aliphatic heterocycles. The van der Waals surface area contributed by atoms with Gasteiger partial charge in [0.15, 0.2) is 0 Å². The fourth-order valence-electron chi connectivity index (χ4n) is 4.54. The third-order valence-electron chi connectivity index (χ3n) is 5.84. The summed E-state index contributed by atoms with van der Waals surface area (Å²) in [6.07, 6.45) is 17.0. The lowest BCUT2D eigenvalue weighted by atomic mass is 9.69. The molecule has 3 aliphatic rings. The van der Waals surface area contributed by atoms with Crippen molar-refractivity contribution in [2.45, 2.75) is 32.6 Å². The minimum absolute atomic E-state index is 0. The van der Waals surface area contributed by atoms with Crippen molar-refractivity contribution in [3.8, 4) is 0 Å². The molecule has 3 atom stereocenters. The van der Waals surface area contributed by atoms with Gasteiger partial charge in [-0.1, -0.05) is 60.2 Å². The molecule has 1 nitrogen and oxygen atoms in total. The van der Waals surface area contributed by atoms with Crippen LogP contribution in [-0.4, -0.2) is 18.0 Å². The van der Waals surface area contributed by atoms with Gasteiger partial charge in [-0.05, 0) is 50.0 Å². The molecule has 0 spiro atoms. The number of piperidine rings is 1. The maximum absolute atomic E-state index is 2.68. The van der Waals surface area contributed by atoms with E-state index in [2.05, 4.69) is 66.5 Å². The molecule has 1 heterocycles. The fourth-order valence-corrected chi connectivity index (χ4v) is 4.54. The first-order valence-corrected chi connectivity index (χ1v) is 9.17. The number of halogens is 1. The van der Waals surface area contributed by atoms with E-state index in [1.54, 1.807) is 5.70 Å². The number of rotatable bonds is 3. The number of nitrogens with zero attached hydrogens (tertiary/aromatic N) is 1. The van der Waals surface area contributed by atoms with Gasteiger partial charge in [-0.3, -0.25) is 0 Å². The summed E-state index contributed by atoms with van der Waals surface area (Å²) in [4.78, 5) is 2.68. The quantitative estimate of drug-likeness (QED) is 0.719. The van der Waals surface area contributed by atoms with Crippen molar-refractivity contribution in [2.75, 3.05) is 13.1 Å². The Morgan fingerprint density at radius 2 is 1.88 bits per heavy atom. The van der Waals surface area contributed by atoms with Crippen LogP contribution in [0, 0.1) is 24.7 Å². The molecule has 1 saturated heterocycles. The van der Waals surface area contributed by atoms with Crippen molar-refractivity contribution in [3.05, 3.63) is 71.5 Å². The van der Waals surface area contributed by atoms with Crippen LogP contribution in [0.2, 0.25) is 0 Å². The summed E-state index contributed by atoms with van der Waals surface area (Å²) in [5, 5.41) is 0. The van der Waals surface area contributed by atoms with Crippen molar-refractivity contribution < 1.29 is 0 Å². The normalized spacial score (nSPS) is 27.8. The van der Waals surface area contributed by atoms with Crippen LogP contribution in [0.3, 0.4) is 0 Å². The van der Waals surface area contributed by atoms with Crippen molar-refractivity contribution in [1.29, 1.82) is 0 Å². The Morgan fingerprint density at radius 1 is 1.08 bits per heavy atom. The molecule has 24 heavy (non-hydrogen) atoms. The Hall–Kier alpha value is -1.47. The van der Waals surface area contributed by atoms with Crippen LogP contribution in [0.25, 0.3) is 0 Å². The highest BCUT2D eigenvalue weighted by Crippen LogP contribution is 2.44. The van der Waals surface area contributed by atoms with Crippen LogP contribution in [-0.2, 0) is 6.42 Å². The van der Waals surface area contributed by atoms with E-state index in [4.69, 9.17) is 0 Å². The second kappa shape index (κ2) is 7.61. The van der Waals surface area contributed by atoms with Gasteiger partial charge in [0.1, 0.15) is 0 Å². The van der Waals surface area contributed by atoms with Gasteiger partial charge in [-0.25, -0.2) is 0 Å². The van der Waals surface area contributed by atoms with Crippen LogP contribution in [0.5, 0.6) is 0 Å². The largest absolute Gasteiger partial charge is 0.375 e. The second-order valence-corrected chi connectivity index (χ2v) is 7.35. The first kappa shape index (κ1) is 17.4. The molecule has 0 aromatic heterocycles. The number of hydrogen-bond acceptors (Lipinski definition) is 1. The van der Waals surface area contributed by atoms with Crippen molar-refractivity contribution >= 4 is 12.4 Å². The van der Waals surface area contributed by atoms with E-state index in [1.165, 1.54) is 43.5 Å². The molecule has 0 radical (unpaired) electrons. The zero-order valence-electron chi connectivity index (χ0n) is 14.5. The van der Waals surface area contributed by atoms with Crippen molar-refractivity contribution in [2.24, 2.45) is 17.8 Å². The summed E-state index contributed by atoms with van der Waals surface area (Å²) >= 11 is 0. The van der Waals surface area contributed by atoms with E-state index < -0.39 is 0 Å². The minimum atomic E-state index is 0. The highest BCUT2D eigenvalue weighted by Gasteiger charge is 2.36. The lowest BCUT2D eigenvalue weighted by molar-refractivity contribution is 0.180. The number of fused-ring (bicyclic) bond motifs is 3. The van der Waals surface area contributed by atoms with Gasteiger partial charge >= 0.3 is 0 Å². The molecule has 0 N–H and O–H groups in total. The van der Waals surface area contributed by atoms with E-state index in [1.807, 2.05) is 0 Å². The van der Waals surface area contributed by atoms with Gasteiger partial charge in [0, 0.05) is 24.7 Å². The Morgan fingerprint density at radius 3 is 2.71 bits per heavy atom. The molecule has 4 rings (SSSR count). The smallest absolute Gasteiger partial charge is 0.0215 e. The summed E-state index contributed by atoms with van der Waals surface area (Å²) in [6.45, 7) is 4.57. The molecule has 2 heteroatoms. The van der Waals surface area contributed by atoms with Gasteiger partial charge in [-0.15, -0.1) is 12.4 Å². The van der Waals surface area contributed by atoms with E-state index in [9.17, 15) is 0 Å². The molecule has 1 aromatic rings. The molecular weight excluding hydrogens is 314 g/mol. The molecule has 2 aliphatic carbocycles. The summed E-state index contributed by atoms with van der Waals surface area (Å²) in [5.74, 6) is 2.23. The molecule has 1 fully saturated rings. The van der Waals surface area contributed by atoms with Crippen LogP contribution in [0.15, 0.2) is 60.3 Å². The Kier molecular flexibility index (Phi) is 5.50. The predicted octanol–water partition coefficient (Wildman–Crippen LogP) is 5.32. The number of allylic oxidation sites excluding steroid dienone is 6. The van der Waals surface area contributed by atoms with Gasteiger partial charge in [-0.2, -0.15) is 0 Å². The molecule has 0 saturated carbocycles. The molecule has 1 aromatic carbocycles.